The van der Waals surface area contributed by atoms with Crippen LogP contribution >= 0.6 is 0 Å². The standard InChI is InChI=1S/Ce.Li.H2OSi.H/c;;1-2;/h;;2H2;. The molecular formula is H3CeLiOSi. The molecule has 0 aliphatic heterocycles. The van der Waals surface area contributed by atoms with Crippen molar-refractivity contribution in [3.8, 4) is 0 Å². The molecule has 0 heterocycles. The second-order valence-electron chi connectivity index (χ2n) is 0. The van der Waals surface area contributed by atoms with Crippen molar-refractivity contribution in [2.45, 2.75) is 0 Å². The second-order valence-corrected chi connectivity index (χ2v) is 0. The molecule has 0 unspecified atom stereocenters. The average Bonchev–Trinajstić information content (AvgIpc) is 1.00. The maximum atomic E-state index is 8.28. The normalized spacial score (nSPS) is 1.00. The first-order valence-electron chi connectivity index (χ1n) is 0.289. The Morgan fingerprint density at radius 1 is 1.25 bits per heavy atom. The first kappa shape index (κ1) is 16.7. The van der Waals surface area contributed by atoms with E-state index in [1.165, 1.54) is 0 Å². The third-order valence-corrected chi connectivity index (χ3v) is 0. The van der Waals surface area contributed by atoms with Gasteiger partial charge in [0.1, 0.15) is 0 Å². The van der Waals surface area contributed by atoms with Gasteiger partial charge in [0.2, 0.25) is 10.1 Å². The maximum absolute atomic E-state index is 8.28. The Balaban J connectivity index is -0.00000000500. The van der Waals surface area contributed by atoms with Gasteiger partial charge in [0, 0.05) is 41.7 Å². The van der Waals surface area contributed by atoms with Gasteiger partial charge in [-0.25, -0.2) is 0 Å². The molecule has 0 saturated carbocycles. The molecule has 0 aromatic rings. The van der Waals surface area contributed by atoms with Gasteiger partial charge in [0.15, 0.2) is 0 Å². The summed E-state index contributed by atoms with van der Waals surface area (Å²) in [4.78, 5) is 0. The Labute approximate surface area is 74.0 Å². The van der Waals surface area contributed by atoms with E-state index in [9.17, 15) is 0 Å². The van der Waals surface area contributed by atoms with Crippen LogP contribution in [0.2, 0.25) is 0 Å². The third-order valence-electron chi connectivity index (χ3n) is 0. The minimum absolute atomic E-state index is 0. The van der Waals surface area contributed by atoms with E-state index in [4.69, 9.17) is 4.46 Å². The topological polar surface area (TPSA) is 17.1 Å². The van der Waals surface area contributed by atoms with E-state index < -0.39 is 0 Å². The predicted octanol–water partition coefficient (Wildman–Crippen LogP) is -1.68. The zero-order valence-electron chi connectivity index (χ0n) is 1.62. The van der Waals surface area contributed by atoms with Gasteiger partial charge >= 0.3 is 18.9 Å². The molecule has 18 valence electrons. The fraction of sp³-hybridized carbons (Fsp3) is 0. The van der Waals surface area contributed by atoms with Crippen LogP contribution in [0.4, 0.5) is 0 Å². The van der Waals surface area contributed by atoms with Crippen molar-refractivity contribution in [1.29, 1.82) is 0 Å². The van der Waals surface area contributed by atoms with E-state index >= 15 is 0 Å². The van der Waals surface area contributed by atoms with E-state index in [1.54, 1.807) is 0 Å². The van der Waals surface area contributed by atoms with Crippen LogP contribution in [-0.2, 0) is 4.46 Å². The molecule has 0 saturated heterocycles. The summed E-state index contributed by atoms with van der Waals surface area (Å²) in [5, 5.41) is 0. The summed E-state index contributed by atoms with van der Waals surface area (Å²) in [6, 6.07) is 0. The molecule has 0 bridgehead atoms. The van der Waals surface area contributed by atoms with Gasteiger partial charge in [0.25, 0.3) is 0 Å². The molecule has 4 heavy (non-hydrogen) atoms. The third kappa shape index (κ3) is 9.01. The first-order chi connectivity index (χ1) is 1.00. The quantitative estimate of drug-likeness (QED) is 0.421. The monoisotopic (exact) mass is 194 g/mol. The van der Waals surface area contributed by atoms with Crippen LogP contribution in [0.25, 0.3) is 0 Å². The minimum atomic E-state index is 0. The van der Waals surface area contributed by atoms with E-state index in [-0.39, 0.29) is 60.6 Å². The van der Waals surface area contributed by atoms with Crippen molar-refractivity contribution in [3.05, 3.63) is 0 Å². The van der Waals surface area contributed by atoms with Crippen LogP contribution in [0, 0.1) is 41.7 Å². The van der Waals surface area contributed by atoms with Crippen molar-refractivity contribution < 1.29 is 46.2 Å². The Hall–Kier alpha value is 1.99. The van der Waals surface area contributed by atoms with Crippen LogP contribution in [0.3, 0.4) is 0 Å². The molecule has 0 spiro atoms. The van der Waals surface area contributed by atoms with E-state index in [0.29, 0.717) is 10.1 Å². The van der Waals surface area contributed by atoms with Gasteiger partial charge in [-0.05, 0) is 0 Å². The molecule has 0 N–H and O–H groups in total. The van der Waals surface area contributed by atoms with Crippen LogP contribution < -0.4 is 0 Å². The van der Waals surface area contributed by atoms with E-state index in [2.05, 4.69) is 0 Å². The summed E-state index contributed by atoms with van der Waals surface area (Å²) in [6.45, 7) is 0. The fourth-order valence-electron chi connectivity index (χ4n) is 0. The molecule has 0 aromatic heterocycles. The van der Waals surface area contributed by atoms with Crippen molar-refractivity contribution in [3.63, 3.8) is 0 Å². The van der Waals surface area contributed by atoms with Gasteiger partial charge in [-0.3, -0.25) is 0 Å². The zero-order chi connectivity index (χ0) is 2.00. The molecule has 0 fully saturated rings. The molecule has 0 amide bonds. The van der Waals surface area contributed by atoms with Gasteiger partial charge in [0.05, 0.1) is 0 Å². The fourth-order valence-corrected chi connectivity index (χ4v) is 0. The van der Waals surface area contributed by atoms with Crippen LogP contribution in [0.5, 0.6) is 0 Å². The number of hydrogen-bond donors (Lipinski definition) is 0. The molecule has 0 atom stereocenters. The van der Waals surface area contributed by atoms with Gasteiger partial charge in [-0.1, -0.05) is 0 Å². The van der Waals surface area contributed by atoms with Crippen molar-refractivity contribution in [2.24, 2.45) is 0 Å². The van der Waals surface area contributed by atoms with Crippen LogP contribution in [0.15, 0.2) is 0 Å². The predicted molar refractivity (Wildman–Crippen MR) is 16.4 cm³/mol. The van der Waals surface area contributed by atoms with Crippen LogP contribution in [-0.4, -0.2) is 29.0 Å². The molecule has 4 heteroatoms. The first-order valence-corrected chi connectivity index (χ1v) is 0.866. The second kappa shape index (κ2) is 20.1. The SMILES string of the molecule is O=[SiH2].[Ce].[LiH]. The van der Waals surface area contributed by atoms with Gasteiger partial charge < -0.3 is 4.46 Å². The average molecular weight is 194 g/mol. The summed E-state index contributed by atoms with van der Waals surface area (Å²) >= 11 is 0. The molecule has 0 aliphatic carbocycles. The van der Waals surface area contributed by atoms with Crippen molar-refractivity contribution in [2.75, 3.05) is 0 Å². The number of hydrogen-bond acceptors (Lipinski definition) is 1. The summed E-state index contributed by atoms with van der Waals surface area (Å²) < 4.78 is 8.28. The summed E-state index contributed by atoms with van der Waals surface area (Å²) in [6.07, 6.45) is 0. The summed E-state index contributed by atoms with van der Waals surface area (Å²) in [5.41, 5.74) is 0. The Kier molecular flexibility index (Phi) is 83.6. The summed E-state index contributed by atoms with van der Waals surface area (Å²) in [5.74, 6) is 0. The molecule has 0 aliphatic rings. The van der Waals surface area contributed by atoms with Crippen molar-refractivity contribution >= 4 is 29.0 Å². The van der Waals surface area contributed by atoms with E-state index in [1.807, 2.05) is 0 Å². The molecular weight excluding hydrogens is 191 g/mol. The van der Waals surface area contributed by atoms with Gasteiger partial charge in [-0.15, -0.1) is 0 Å². The molecule has 0 aromatic carbocycles. The van der Waals surface area contributed by atoms with Crippen LogP contribution in [0.1, 0.15) is 0 Å². The van der Waals surface area contributed by atoms with E-state index in [0.717, 1.165) is 0 Å². The summed E-state index contributed by atoms with van der Waals surface area (Å²) in [7, 11) is 0.611. The van der Waals surface area contributed by atoms with Crippen molar-refractivity contribution in [1.82, 2.24) is 0 Å². The molecule has 0 rings (SSSR count). The number of rotatable bonds is 0. The Morgan fingerprint density at radius 2 is 1.25 bits per heavy atom. The Bertz CT molecular complexity index is 8.00. The zero-order valence-corrected chi connectivity index (χ0v) is 6.17. The Morgan fingerprint density at radius 3 is 1.25 bits per heavy atom. The van der Waals surface area contributed by atoms with Gasteiger partial charge in [-0.2, -0.15) is 0 Å². The molecule has 0 radical (unpaired) electrons. The molecule has 1 nitrogen and oxygen atoms in total.